The van der Waals surface area contributed by atoms with Gasteiger partial charge in [-0.3, -0.25) is 9.59 Å². The monoisotopic (exact) mass is 540 g/mol. The van der Waals surface area contributed by atoms with Crippen LogP contribution in [0.3, 0.4) is 0 Å². The van der Waals surface area contributed by atoms with E-state index in [-0.39, 0.29) is 12.6 Å². The summed E-state index contributed by atoms with van der Waals surface area (Å²) >= 11 is 0. The third-order valence-corrected chi connectivity index (χ3v) is 5.48. The molecule has 0 saturated heterocycles. The summed E-state index contributed by atoms with van der Waals surface area (Å²) in [4.78, 5) is 22.3. The molecule has 9 heteroatoms. The first kappa shape index (κ1) is 34.0. The van der Waals surface area contributed by atoms with E-state index >= 15 is 0 Å². The van der Waals surface area contributed by atoms with Crippen molar-refractivity contribution in [3.8, 4) is 5.75 Å². The molecule has 0 aromatic heterocycles. The molecular formula is C29H48O9. The second-order valence-electron chi connectivity index (χ2n) is 8.69. The fourth-order valence-corrected chi connectivity index (χ4v) is 3.36. The number of benzene rings is 1. The van der Waals surface area contributed by atoms with Gasteiger partial charge < -0.3 is 33.2 Å². The molecule has 0 fully saturated rings. The highest BCUT2D eigenvalue weighted by atomic mass is 16.6. The zero-order valence-electron chi connectivity index (χ0n) is 23.2. The number of esters is 1. The van der Waals surface area contributed by atoms with E-state index in [9.17, 15) is 9.59 Å². The molecule has 0 amide bonds. The zero-order chi connectivity index (χ0) is 27.4. The molecule has 9 nitrogen and oxygen atoms in total. The van der Waals surface area contributed by atoms with Crippen LogP contribution in [-0.4, -0.2) is 91.5 Å². The maximum atomic E-state index is 11.7. The second kappa shape index (κ2) is 26.6. The van der Waals surface area contributed by atoms with Crippen molar-refractivity contribution in [3.05, 3.63) is 29.8 Å². The van der Waals surface area contributed by atoms with E-state index in [2.05, 4.69) is 6.92 Å². The molecule has 1 rings (SSSR count). The lowest BCUT2D eigenvalue weighted by Crippen LogP contribution is -2.15. The molecule has 0 aliphatic carbocycles. The summed E-state index contributed by atoms with van der Waals surface area (Å²) in [6.07, 6.45) is 9.60. The summed E-state index contributed by atoms with van der Waals surface area (Å²) in [5.41, 5.74) is 0.619. The van der Waals surface area contributed by atoms with Crippen LogP contribution in [0.1, 0.15) is 68.6 Å². The van der Waals surface area contributed by atoms with E-state index in [1.54, 1.807) is 24.3 Å². The van der Waals surface area contributed by atoms with Crippen molar-refractivity contribution >= 4 is 12.3 Å². The molecular weight excluding hydrogens is 492 g/mol. The van der Waals surface area contributed by atoms with Crippen molar-refractivity contribution < 1.29 is 42.7 Å². The van der Waals surface area contributed by atoms with Crippen molar-refractivity contribution in [2.45, 2.75) is 58.3 Å². The summed E-state index contributed by atoms with van der Waals surface area (Å²) in [5.74, 6) is 0.563. The summed E-state index contributed by atoms with van der Waals surface area (Å²) in [7, 11) is 0. The van der Waals surface area contributed by atoms with Crippen LogP contribution < -0.4 is 4.74 Å². The summed E-state index contributed by atoms with van der Waals surface area (Å²) in [6, 6.07) is 6.93. The van der Waals surface area contributed by atoms with Crippen molar-refractivity contribution in [1.29, 1.82) is 0 Å². The van der Waals surface area contributed by atoms with Crippen LogP contribution >= 0.6 is 0 Å². The molecule has 218 valence electrons. The summed E-state index contributed by atoms with van der Waals surface area (Å²) in [6.45, 7) is 7.61. The minimum Gasteiger partial charge on any atom is -0.491 e. The van der Waals surface area contributed by atoms with Gasteiger partial charge in [0.15, 0.2) is 0 Å². The minimum absolute atomic E-state index is 0.142. The third-order valence-electron chi connectivity index (χ3n) is 5.48. The van der Waals surface area contributed by atoms with E-state index in [1.807, 2.05) is 0 Å². The highest BCUT2D eigenvalue weighted by molar-refractivity contribution is 5.74. The summed E-state index contributed by atoms with van der Waals surface area (Å²) in [5, 5.41) is 0. The summed E-state index contributed by atoms with van der Waals surface area (Å²) < 4.78 is 37.9. The number of carbonyl (C=O) groups is 2. The van der Waals surface area contributed by atoms with Gasteiger partial charge in [-0.2, -0.15) is 0 Å². The normalized spacial score (nSPS) is 11.0. The molecule has 1 aromatic carbocycles. The predicted octanol–water partition coefficient (Wildman–Crippen LogP) is 4.64. The predicted molar refractivity (Wildman–Crippen MR) is 145 cm³/mol. The fourth-order valence-electron chi connectivity index (χ4n) is 3.36. The molecule has 0 unspecified atom stereocenters. The van der Waals surface area contributed by atoms with Crippen LogP contribution in [0.5, 0.6) is 5.75 Å². The molecule has 0 aliphatic heterocycles. The zero-order valence-corrected chi connectivity index (χ0v) is 23.2. The topological polar surface area (TPSA) is 98.8 Å². The van der Waals surface area contributed by atoms with Crippen molar-refractivity contribution in [1.82, 2.24) is 0 Å². The van der Waals surface area contributed by atoms with Gasteiger partial charge in [0.25, 0.3) is 0 Å². The quantitative estimate of drug-likeness (QED) is 0.0855. The number of aldehydes is 1. The van der Waals surface area contributed by atoms with Crippen LogP contribution in [0.4, 0.5) is 0 Å². The molecule has 0 saturated carbocycles. The lowest BCUT2D eigenvalue weighted by molar-refractivity contribution is -0.145. The maximum Gasteiger partial charge on any atom is 0.305 e. The molecule has 38 heavy (non-hydrogen) atoms. The Morgan fingerprint density at radius 1 is 0.605 bits per heavy atom. The van der Waals surface area contributed by atoms with Gasteiger partial charge in [0.2, 0.25) is 0 Å². The Bertz CT molecular complexity index is 667. The van der Waals surface area contributed by atoms with Gasteiger partial charge in [0.05, 0.1) is 66.1 Å². The largest absolute Gasteiger partial charge is 0.491 e. The molecule has 0 bridgehead atoms. The Labute approximate surface area is 228 Å². The average Bonchev–Trinajstić information content (AvgIpc) is 2.94. The van der Waals surface area contributed by atoms with Crippen LogP contribution in [0.2, 0.25) is 0 Å². The number of unbranched alkanes of at least 4 members (excludes halogenated alkanes) is 6. The first-order valence-corrected chi connectivity index (χ1v) is 14.0. The van der Waals surface area contributed by atoms with Crippen molar-refractivity contribution in [2.24, 2.45) is 0 Å². The number of ether oxygens (including phenoxy) is 7. The van der Waals surface area contributed by atoms with Crippen LogP contribution in [0.25, 0.3) is 0 Å². The van der Waals surface area contributed by atoms with E-state index < -0.39 is 0 Å². The smallest absolute Gasteiger partial charge is 0.305 e. The van der Waals surface area contributed by atoms with Crippen molar-refractivity contribution in [3.63, 3.8) is 0 Å². The van der Waals surface area contributed by atoms with Gasteiger partial charge in [-0.25, -0.2) is 0 Å². The Morgan fingerprint density at radius 3 is 1.55 bits per heavy atom. The standard InChI is InChI=1S/C29H48O9/c1-2-3-4-5-6-7-8-9-29(31)38-25-23-36-21-19-34-17-15-32-14-16-33-18-20-35-22-24-37-28-12-10-27(26-30)11-13-28/h10-13,26H,2-9,14-25H2,1H3. The second-order valence-corrected chi connectivity index (χ2v) is 8.69. The highest BCUT2D eigenvalue weighted by Gasteiger charge is 2.02. The lowest BCUT2D eigenvalue weighted by atomic mass is 10.1. The van der Waals surface area contributed by atoms with Gasteiger partial charge >= 0.3 is 5.97 Å². The Hall–Kier alpha value is -2.04. The molecule has 0 spiro atoms. The van der Waals surface area contributed by atoms with E-state index in [1.165, 1.54) is 32.1 Å². The van der Waals surface area contributed by atoms with Gasteiger partial charge in [0, 0.05) is 12.0 Å². The SMILES string of the molecule is CCCCCCCCCC(=O)OCCOCCOCCOCCOCCOCCOc1ccc(C=O)cc1. The fraction of sp³-hybridized carbons (Fsp3) is 0.724. The van der Waals surface area contributed by atoms with Crippen LogP contribution in [0, 0.1) is 0 Å². The van der Waals surface area contributed by atoms with Crippen molar-refractivity contribution in [2.75, 3.05) is 79.3 Å². The first-order valence-electron chi connectivity index (χ1n) is 14.0. The number of carbonyl (C=O) groups excluding carboxylic acids is 2. The van der Waals surface area contributed by atoms with Gasteiger partial charge in [0.1, 0.15) is 25.2 Å². The molecule has 0 atom stereocenters. The third kappa shape index (κ3) is 22.0. The van der Waals surface area contributed by atoms with Crippen LogP contribution in [-0.2, 0) is 33.2 Å². The van der Waals surface area contributed by atoms with Gasteiger partial charge in [-0.05, 0) is 30.7 Å². The lowest BCUT2D eigenvalue weighted by Gasteiger charge is -2.09. The highest BCUT2D eigenvalue weighted by Crippen LogP contribution is 2.11. The Morgan fingerprint density at radius 2 is 1.05 bits per heavy atom. The molecule has 0 heterocycles. The minimum atomic E-state index is -0.142. The average molecular weight is 541 g/mol. The van der Waals surface area contributed by atoms with Crippen LogP contribution in [0.15, 0.2) is 24.3 Å². The first-order chi connectivity index (χ1) is 18.8. The van der Waals surface area contributed by atoms with Gasteiger partial charge in [-0.15, -0.1) is 0 Å². The molecule has 1 aromatic rings. The van der Waals surface area contributed by atoms with E-state index in [0.717, 1.165) is 19.1 Å². The Kier molecular flexibility index (Phi) is 23.8. The molecule has 0 aliphatic rings. The Balaban J connectivity index is 1.71. The van der Waals surface area contributed by atoms with E-state index in [0.29, 0.717) is 90.4 Å². The molecule has 0 radical (unpaired) electrons. The van der Waals surface area contributed by atoms with Gasteiger partial charge in [-0.1, -0.05) is 45.4 Å². The maximum absolute atomic E-state index is 11.7. The molecule has 0 N–H and O–H groups in total. The van der Waals surface area contributed by atoms with E-state index in [4.69, 9.17) is 33.2 Å². The number of rotatable bonds is 28. The number of hydrogen-bond acceptors (Lipinski definition) is 9. The number of hydrogen-bond donors (Lipinski definition) is 0.